The van der Waals surface area contributed by atoms with Crippen molar-refractivity contribution < 1.29 is 13.2 Å². The highest BCUT2D eigenvalue weighted by Crippen LogP contribution is 2.26. The van der Waals surface area contributed by atoms with Gasteiger partial charge in [-0.2, -0.15) is 0 Å². The molecule has 92 valence electrons. The molecule has 17 heavy (non-hydrogen) atoms. The number of benzene rings is 1. The molecule has 0 aliphatic carbocycles. The fourth-order valence-corrected chi connectivity index (χ4v) is 1.96. The molecule has 2 nitrogen and oxygen atoms in total. The van der Waals surface area contributed by atoms with Gasteiger partial charge in [-0.3, -0.25) is 0 Å². The second kappa shape index (κ2) is 4.84. The summed E-state index contributed by atoms with van der Waals surface area (Å²) >= 11 is 0. The Kier molecular flexibility index (Phi) is 3.43. The van der Waals surface area contributed by atoms with Gasteiger partial charge in [-0.15, -0.1) is 0 Å². The van der Waals surface area contributed by atoms with Crippen molar-refractivity contribution in [1.82, 2.24) is 5.32 Å². The van der Waals surface area contributed by atoms with Gasteiger partial charge in [-0.1, -0.05) is 6.92 Å². The molecule has 0 fully saturated rings. The number of likely N-dealkylation sites (N-methyl/N-ethyl adjacent to an activating group) is 1. The molecular weight excluding hydrogens is 224 g/mol. The van der Waals surface area contributed by atoms with Crippen LogP contribution in [0.5, 0.6) is 0 Å². The maximum Gasteiger partial charge on any atom is 0.172 e. The van der Waals surface area contributed by atoms with Gasteiger partial charge in [0.05, 0.1) is 6.26 Å². The summed E-state index contributed by atoms with van der Waals surface area (Å²) in [5.74, 6) is -1.09. The van der Waals surface area contributed by atoms with Crippen molar-refractivity contribution >= 4 is 11.0 Å². The SMILES string of the molecule is CCC(Cc1c(F)cc2ccoc2c1F)NC. The third kappa shape index (κ3) is 2.17. The standard InChI is InChI=1S/C13H15F2NO/c1-3-9(16-2)7-10-11(14)6-8-4-5-17-13(8)12(10)15/h4-6,9,16H,3,7H2,1-2H3. The summed E-state index contributed by atoms with van der Waals surface area (Å²) in [6.45, 7) is 1.97. The second-order valence-electron chi connectivity index (χ2n) is 4.09. The van der Waals surface area contributed by atoms with Crippen LogP contribution in [0.1, 0.15) is 18.9 Å². The topological polar surface area (TPSA) is 25.2 Å². The number of fused-ring (bicyclic) bond motifs is 1. The first kappa shape index (κ1) is 12.0. The van der Waals surface area contributed by atoms with Gasteiger partial charge in [0, 0.05) is 17.0 Å². The normalized spacial score (nSPS) is 13.2. The number of halogens is 2. The van der Waals surface area contributed by atoms with Gasteiger partial charge in [-0.05, 0) is 32.0 Å². The van der Waals surface area contributed by atoms with Crippen LogP contribution in [0.4, 0.5) is 8.78 Å². The summed E-state index contributed by atoms with van der Waals surface area (Å²) in [4.78, 5) is 0. The Morgan fingerprint density at radius 1 is 1.41 bits per heavy atom. The average Bonchev–Trinajstić information content (AvgIpc) is 2.77. The Morgan fingerprint density at radius 2 is 2.18 bits per heavy atom. The summed E-state index contributed by atoms with van der Waals surface area (Å²) in [5.41, 5.74) is 0.223. The predicted molar refractivity (Wildman–Crippen MR) is 63.0 cm³/mol. The molecule has 1 aromatic heterocycles. The van der Waals surface area contributed by atoms with Gasteiger partial charge in [0.25, 0.3) is 0 Å². The van der Waals surface area contributed by atoms with E-state index in [4.69, 9.17) is 4.42 Å². The molecule has 0 aliphatic heterocycles. The Hall–Kier alpha value is -1.42. The number of furan rings is 1. The lowest BCUT2D eigenvalue weighted by Gasteiger charge is -2.14. The summed E-state index contributed by atoms with van der Waals surface area (Å²) in [7, 11) is 1.79. The molecule has 0 radical (unpaired) electrons. The molecule has 0 saturated heterocycles. The lowest BCUT2D eigenvalue weighted by Crippen LogP contribution is -2.27. The van der Waals surface area contributed by atoms with Crippen molar-refractivity contribution in [2.24, 2.45) is 0 Å². The quantitative estimate of drug-likeness (QED) is 0.886. The van der Waals surface area contributed by atoms with Crippen LogP contribution in [0.15, 0.2) is 22.8 Å². The zero-order valence-electron chi connectivity index (χ0n) is 9.89. The molecule has 0 aliphatic rings. The number of nitrogens with one attached hydrogen (secondary N) is 1. The van der Waals surface area contributed by atoms with Crippen molar-refractivity contribution in [3.8, 4) is 0 Å². The van der Waals surface area contributed by atoms with Crippen molar-refractivity contribution in [2.45, 2.75) is 25.8 Å². The molecule has 0 bridgehead atoms. The van der Waals surface area contributed by atoms with Crippen molar-refractivity contribution in [1.29, 1.82) is 0 Å². The molecule has 2 rings (SSSR count). The molecule has 1 heterocycles. The first-order valence-corrected chi connectivity index (χ1v) is 5.68. The Balaban J connectivity index is 2.45. The van der Waals surface area contributed by atoms with E-state index in [0.29, 0.717) is 11.8 Å². The van der Waals surface area contributed by atoms with Gasteiger partial charge in [0.2, 0.25) is 0 Å². The number of hydrogen-bond donors (Lipinski definition) is 1. The van der Waals surface area contributed by atoms with Crippen molar-refractivity contribution in [3.05, 3.63) is 35.6 Å². The minimum Gasteiger partial charge on any atom is -0.461 e. The average molecular weight is 239 g/mol. The molecule has 4 heteroatoms. The minimum absolute atomic E-state index is 0.0615. The largest absolute Gasteiger partial charge is 0.461 e. The lowest BCUT2D eigenvalue weighted by molar-refractivity contribution is 0.489. The van der Waals surface area contributed by atoms with Crippen LogP contribution in [-0.2, 0) is 6.42 Å². The summed E-state index contributed by atoms with van der Waals surface area (Å²) in [5, 5.41) is 3.49. The fraction of sp³-hybridized carbons (Fsp3) is 0.385. The lowest BCUT2D eigenvalue weighted by atomic mass is 10.0. The molecule has 0 spiro atoms. The third-order valence-electron chi connectivity index (χ3n) is 3.08. The number of hydrogen-bond acceptors (Lipinski definition) is 2. The molecule has 0 saturated carbocycles. The first-order chi connectivity index (χ1) is 8.17. The van der Waals surface area contributed by atoms with Gasteiger partial charge in [0.1, 0.15) is 5.82 Å². The fourth-order valence-electron chi connectivity index (χ4n) is 1.96. The van der Waals surface area contributed by atoms with E-state index in [1.807, 2.05) is 6.92 Å². The Labute approximate surface area is 98.6 Å². The highest BCUT2D eigenvalue weighted by atomic mass is 19.1. The molecule has 0 amide bonds. The maximum absolute atomic E-state index is 14.0. The van der Waals surface area contributed by atoms with E-state index in [-0.39, 0.29) is 17.2 Å². The van der Waals surface area contributed by atoms with Crippen LogP contribution in [0.3, 0.4) is 0 Å². The van der Waals surface area contributed by atoms with Crippen LogP contribution in [0, 0.1) is 11.6 Å². The van der Waals surface area contributed by atoms with E-state index < -0.39 is 11.6 Å². The van der Waals surface area contributed by atoms with E-state index >= 15 is 0 Å². The van der Waals surface area contributed by atoms with Crippen molar-refractivity contribution in [2.75, 3.05) is 7.05 Å². The monoisotopic (exact) mass is 239 g/mol. The Morgan fingerprint density at radius 3 is 2.82 bits per heavy atom. The molecule has 1 aromatic carbocycles. The molecular formula is C13H15F2NO. The highest BCUT2D eigenvalue weighted by molar-refractivity contribution is 5.78. The zero-order chi connectivity index (χ0) is 12.4. The highest BCUT2D eigenvalue weighted by Gasteiger charge is 2.18. The van der Waals surface area contributed by atoms with Crippen molar-refractivity contribution in [3.63, 3.8) is 0 Å². The third-order valence-corrected chi connectivity index (χ3v) is 3.08. The maximum atomic E-state index is 14.0. The van der Waals surface area contributed by atoms with Gasteiger partial charge < -0.3 is 9.73 Å². The van der Waals surface area contributed by atoms with Crippen LogP contribution >= 0.6 is 0 Å². The van der Waals surface area contributed by atoms with Crippen LogP contribution in [-0.4, -0.2) is 13.1 Å². The summed E-state index contributed by atoms with van der Waals surface area (Å²) in [6.07, 6.45) is 2.50. The van der Waals surface area contributed by atoms with E-state index in [9.17, 15) is 8.78 Å². The zero-order valence-corrected chi connectivity index (χ0v) is 9.89. The van der Waals surface area contributed by atoms with E-state index in [1.165, 1.54) is 12.3 Å². The summed E-state index contributed by atoms with van der Waals surface area (Å²) in [6, 6.07) is 2.94. The minimum atomic E-state index is -0.585. The number of rotatable bonds is 4. The van der Waals surface area contributed by atoms with Crippen LogP contribution in [0.25, 0.3) is 11.0 Å². The molecule has 1 N–H and O–H groups in total. The second-order valence-corrected chi connectivity index (χ2v) is 4.09. The molecule has 2 aromatic rings. The smallest absolute Gasteiger partial charge is 0.172 e. The molecule has 1 unspecified atom stereocenters. The van der Waals surface area contributed by atoms with E-state index in [1.54, 1.807) is 13.1 Å². The first-order valence-electron chi connectivity index (χ1n) is 5.68. The van der Waals surface area contributed by atoms with Gasteiger partial charge in [-0.25, -0.2) is 8.78 Å². The van der Waals surface area contributed by atoms with Crippen LogP contribution < -0.4 is 5.32 Å². The summed E-state index contributed by atoms with van der Waals surface area (Å²) < 4.78 is 32.8. The van der Waals surface area contributed by atoms with Gasteiger partial charge >= 0.3 is 0 Å². The van der Waals surface area contributed by atoms with Crippen LogP contribution in [0.2, 0.25) is 0 Å². The predicted octanol–water partition coefficient (Wildman–Crippen LogP) is 3.25. The molecule has 1 atom stereocenters. The Bertz CT molecular complexity index is 517. The van der Waals surface area contributed by atoms with Gasteiger partial charge in [0.15, 0.2) is 11.4 Å². The van der Waals surface area contributed by atoms with E-state index in [2.05, 4.69) is 5.32 Å². The van der Waals surface area contributed by atoms with E-state index in [0.717, 1.165) is 6.42 Å².